The van der Waals surface area contributed by atoms with E-state index >= 15 is 0 Å². The summed E-state index contributed by atoms with van der Waals surface area (Å²) in [6.07, 6.45) is 0. The van der Waals surface area contributed by atoms with Crippen molar-refractivity contribution in [2.24, 2.45) is 0 Å². The quantitative estimate of drug-likeness (QED) is 0.556. The molecular weight excluding hydrogens is 254 g/mol. The number of imide groups is 1. The number of amides is 3. The predicted octanol–water partition coefficient (Wildman–Crippen LogP) is 0.825. The minimum Gasteiger partial charge on any atom is -0.497 e. The van der Waals surface area contributed by atoms with E-state index in [0.29, 0.717) is 11.4 Å². The minimum atomic E-state index is -0.529. The summed E-state index contributed by atoms with van der Waals surface area (Å²) in [5.74, 6) is 0.380. The smallest absolute Gasteiger partial charge is 0.321 e. The van der Waals surface area contributed by atoms with Crippen molar-refractivity contribution in [1.82, 2.24) is 10.6 Å². The molecular formula is C11H15N3O3S. The van der Waals surface area contributed by atoms with Gasteiger partial charge in [0.15, 0.2) is 0 Å². The lowest BCUT2D eigenvalue weighted by Crippen LogP contribution is -2.38. The maximum absolute atomic E-state index is 11.4. The highest BCUT2D eigenvalue weighted by atomic mass is 32.2. The Hall–Kier alpha value is -1.89. The first-order chi connectivity index (χ1) is 8.56. The molecule has 18 heavy (non-hydrogen) atoms. The Morgan fingerprint density at radius 3 is 2.78 bits per heavy atom. The second-order valence-corrected chi connectivity index (χ2v) is 4.34. The molecule has 0 radical (unpaired) electrons. The summed E-state index contributed by atoms with van der Waals surface area (Å²) < 4.78 is 5.07. The summed E-state index contributed by atoms with van der Waals surface area (Å²) in [5, 5.41) is 4.46. The van der Waals surface area contributed by atoms with Gasteiger partial charge < -0.3 is 15.8 Å². The molecule has 3 amide bonds. The fourth-order valence-electron chi connectivity index (χ4n) is 1.14. The Kier molecular flexibility index (Phi) is 5.31. The lowest BCUT2D eigenvalue weighted by Gasteiger charge is -2.07. The van der Waals surface area contributed by atoms with E-state index in [1.165, 1.54) is 18.8 Å². The number of nitrogens with one attached hydrogen (secondary N) is 2. The van der Waals surface area contributed by atoms with Crippen LogP contribution in [0.2, 0.25) is 0 Å². The van der Waals surface area contributed by atoms with Crippen molar-refractivity contribution < 1.29 is 14.3 Å². The molecule has 98 valence electrons. The molecule has 1 aromatic rings. The number of hydrogen-bond donors (Lipinski definition) is 3. The fourth-order valence-corrected chi connectivity index (χ4v) is 1.93. The van der Waals surface area contributed by atoms with Gasteiger partial charge in [0.2, 0.25) is 5.91 Å². The molecule has 4 N–H and O–H groups in total. The van der Waals surface area contributed by atoms with Crippen molar-refractivity contribution in [2.45, 2.75) is 4.90 Å². The Morgan fingerprint density at radius 2 is 2.17 bits per heavy atom. The summed E-state index contributed by atoms with van der Waals surface area (Å²) in [4.78, 5) is 23.0. The Balaban J connectivity index is 2.57. The summed E-state index contributed by atoms with van der Waals surface area (Å²) in [5.41, 5.74) is 6.33. The van der Waals surface area contributed by atoms with Crippen molar-refractivity contribution in [2.75, 3.05) is 25.6 Å². The van der Waals surface area contributed by atoms with Crippen molar-refractivity contribution in [3.8, 4) is 5.75 Å². The van der Waals surface area contributed by atoms with Crippen LogP contribution in [0.3, 0.4) is 0 Å². The second kappa shape index (κ2) is 6.75. The lowest BCUT2D eigenvalue weighted by atomic mass is 10.3. The number of anilines is 1. The zero-order valence-electron chi connectivity index (χ0n) is 10.1. The van der Waals surface area contributed by atoms with Gasteiger partial charge in [-0.15, -0.1) is 11.8 Å². The van der Waals surface area contributed by atoms with E-state index < -0.39 is 6.03 Å². The van der Waals surface area contributed by atoms with E-state index in [9.17, 15) is 9.59 Å². The first-order valence-corrected chi connectivity index (χ1v) is 6.13. The molecule has 0 fully saturated rings. The molecule has 6 nitrogen and oxygen atoms in total. The highest BCUT2D eigenvalue weighted by Crippen LogP contribution is 2.28. The van der Waals surface area contributed by atoms with Crippen LogP contribution in [-0.2, 0) is 4.79 Å². The molecule has 0 heterocycles. The second-order valence-electron chi connectivity index (χ2n) is 3.32. The molecule has 0 atom stereocenters. The lowest BCUT2D eigenvalue weighted by molar-refractivity contribution is -0.117. The molecule has 1 aromatic carbocycles. The highest BCUT2D eigenvalue weighted by molar-refractivity contribution is 8.00. The van der Waals surface area contributed by atoms with E-state index in [2.05, 4.69) is 10.6 Å². The predicted molar refractivity (Wildman–Crippen MR) is 70.7 cm³/mol. The van der Waals surface area contributed by atoms with Gasteiger partial charge >= 0.3 is 6.03 Å². The molecule has 7 heteroatoms. The van der Waals surface area contributed by atoms with Crippen LogP contribution in [-0.4, -0.2) is 31.8 Å². The van der Waals surface area contributed by atoms with Crippen LogP contribution in [0.15, 0.2) is 23.1 Å². The fraction of sp³-hybridized carbons (Fsp3) is 0.273. The average molecular weight is 269 g/mol. The summed E-state index contributed by atoms with van der Waals surface area (Å²) in [6, 6.07) is 4.66. The number of urea groups is 1. The first kappa shape index (κ1) is 14.2. The van der Waals surface area contributed by atoms with Crippen molar-refractivity contribution in [1.29, 1.82) is 0 Å². The van der Waals surface area contributed by atoms with E-state index in [4.69, 9.17) is 10.5 Å². The molecule has 0 unspecified atom stereocenters. The van der Waals surface area contributed by atoms with Gasteiger partial charge in [-0.3, -0.25) is 10.1 Å². The summed E-state index contributed by atoms with van der Waals surface area (Å²) in [7, 11) is 2.99. The molecule has 0 bridgehead atoms. The highest BCUT2D eigenvalue weighted by Gasteiger charge is 2.08. The molecule has 0 aliphatic rings. The number of benzene rings is 1. The van der Waals surface area contributed by atoms with Crippen LogP contribution in [0, 0.1) is 0 Å². The van der Waals surface area contributed by atoms with Gasteiger partial charge in [0, 0.05) is 17.6 Å². The van der Waals surface area contributed by atoms with Crippen LogP contribution in [0.25, 0.3) is 0 Å². The number of methoxy groups -OCH3 is 1. The number of carbonyl (C=O) groups excluding carboxylic acids is 2. The number of hydrogen-bond acceptors (Lipinski definition) is 5. The first-order valence-electron chi connectivity index (χ1n) is 5.14. The third-order valence-electron chi connectivity index (χ3n) is 2.06. The normalized spacial score (nSPS) is 9.67. The number of ether oxygens (including phenoxy) is 1. The number of nitrogen functional groups attached to an aromatic ring is 1. The SMILES string of the molecule is CNC(=O)NC(=O)CSc1cc(OC)ccc1N. The van der Waals surface area contributed by atoms with Gasteiger partial charge in [-0.1, -0.05) is 0 Å². The van der Waals surface area contributed by atoms with Gasteiger partial charge in [0.05, 0.1) is 12.9 Å². The Morgan fingerprint density at radius 1 is 1.44 bits per heavy atom. The molecule has 0 aliphatic heterocycles. The van der Waals surface area contributed by atoms with Crippen LogP contribution >= 0.6 is 11.8 Å². The number of thioether (sulfide) groups is 1. The minimum absolute atomic E-state index is 0.102. The molecule has 0 aliphatic carbocycles. The van der Waals surface area contributed by atoms with Gasteiger partial charge in [-0.25, -0.2) is 4.79 Å². The third-order valence-corrected chi connectivity index (χ3v) is 3.13. The number of rotatable bonds is 4. The van der Waals surface area contributed by atoms with Crippen LogP contribution in [0.1, 0.15) is 0 Å². The van der Waals surface area contributed by atoms with Gasteiger partial charge in [-0.05, 0) is 18.2 Å². The maximum Gasteiger partial charge on any atom is 0.321 e. The van der Waals surface area contributed by atoms with Crippen molar-refractivity contribution in [3.63, 3.8) is 0 Å². The molecule has 0 saturated carbocycles. The van der Waals surface area contributed by atoms with Crippen LogP contribution < -0.4 is 21.1 Å². The van der Waals surface area contributed by atoms with Gasteiger partial charge in [0.1, 0.15) is 5.75 Å². The van der Waals surface area contributed by atoms with Crippen LogP contribution in [0.4, 0.5) is 10.5 Å². The van der Waals surface area contributed by atoms with Crippen molar-refractivity contribution >= 4 is 29.4 Å². The molecule has 0 saturated heterocycles. The molecule has 0 aromatic heterocycles. The van der Waals surface area contributed by atoms with Crippen molar-refractivity contribution in [3.05, 3.63) is 18.2 Å². The monoisotopic (exact) mass is 269 g/mol. The number of carbonyl (C=O) groups is 2. The Labute approximate surface area is 109 Å². The topological polar surface area (TPSA) is 93.5 Å². The van der Waals surface area contributed by atoms with Gasteiger partial charge in [0.25, 0.3) is 0 Å². The summed E-state index contributed by atoms with van der Waals surface area (Å²) >= 11 is 1.24. The average Bonchev–Trinajstić information content (AvgIpc) is 2.37. The zero-order valence-corrected chi connectivity index (χ0v) is 11.0. The zero-order chi connectivity index (χ0) is 13.5. The van der Waals surface area contributed by atoms with E-state index in [0.717, 1.165) is 4.90 Å². The van der Waals surface area contributed by atoms with Crippen LogP contribution in [0.5, 0.6) is 5.75 Å². The standard InChI is InChI=1S/C11H15N3O3S/c1-13-11(16)14-10(15)6-18-9-5-7(17-2)3-4-8(9)12/h3-5H,6,12H2,1-2H3,(H2,13,14,15,16). The van der Waals surface area contributed by atoms with E-state index in [1.54, 1.807) is 25.3 Å². The van der Waals surface area contributed by atoms with E-state index in [1.807, 2.05) is 0 Å². The molecule has 1 rings (SSSR count). The Bertz CT molecular complexity index is 451. The maximum atomic E-state index is 11.4. The summed E-state index contributed by atoms with van der Waals surface area (Å²) in [6.45, 7) is 0. The molecule has 0 spiro atoms. The number of nitrogens with two attached hydrogens (primary N) is 1. The van der Waals surface area contributed by atoms with E-state index in [-0.39, 0.29) is 11.7 Å². The largest absolute Gasteiger partial charge is 0.497 e. The third kappa shape index (κ3) is 4.17. The van der Waals surface area contributed by atoms with Gasteiger partial charge in [-0.2, -0.15) is 0 Å².